The standard InChI is InChI=1S/C19H23F2NOSi/c20-16-4-8-18(9-5-16)24(23,19-10-6-17(21)7-11-19)15-14-22-12-2-1-3-13-22/h4-11,23H,1-3,12-15H2. The van der Waals surface area contributed by atoms with Crippen molar-refractivity contribution in [3.63, 3.8) is 0 Å². The lowest BCUT2D eigenvalue weighted by molar-refractivity contribution is 0.238. The van der Waals surface area contributed by atoms with Gasteiger partial charge < -0.3 is 9.70 Å². The first kappa shape index (κ1) is 17.3. The molecule has 0 bridgehead atoms. The van der Waals surface area contributed by atoms with Crippen LogP contribution in [0.25, 0.3) is 0 Å². The van der Waals surface area contributed by atoms with Gasteiger partial charge in [-0.05, 0) is 73.2 Å². The molecule has 0 aliphatic carbocycles. The highest BCUT2D eigenvalue weighted by molar-refractivity contribution is 6.96. The summed E-state index contributed by atoms with van der Waals surface area (Å²) in [6, 6.07) is 12.8. The number of rotatable bonds is 5. The quantitative estimate of drug-likeness (QED) is 0.840. The van der Waals surface area contributed by atoms with Gasteiger partial charge in [0.2, 0.25) is 0 Å². The van der Waals surface area contributed by atoms with Crippen LogP contribution in [0.5, 0.6) is 0 Å². The summed E-state index contributed by atoms with van der Waals surface area (Å²) < 4.78 is 26.6. The summed E-state index contributed by atoms with van der Waals surface area (Å²) in [5.74, 6) is -0.629. The minimum absolute atomic E-state index is 0.315. The number of halogens is 2. The van der Waals surface area contributed by atoms with E-state index in [-0.39, 0.29) is 11.6 Å². The molecule has 2 aromatic rings. The molecule has 3 rings (SSSR count). The summed E-state index contributed by atoms with van der Waals surface area (Å²) >= 11 is 0. The number of nitrogens with zero attached hydrogens (tertiary/aromatic N) is 1. The summed E-state index contributed by atoms with van der Waals surface area (Å²) in [4.78, 5) is 13.9. The van der Waals surface area contributed by atoms with E-state index in [0.29, 0.717) is 6.04 Å². The molecule has 1 aliphatic rings. The maximum absolute atomic E-state index is 13.3. The van der Waals surface area contributed by atoms with Crippen molar-refractivity contribution in [1.29, 1.82) is 0 Å². The number of hydrogen-bond donors (Lipinski definition) is 1. The first-order valence-corrected chi connectivity index (χ1v) is 10.7. The molecule has 0 unspecified atom stereocenters. The Morgan fingerprint density at radius 1 is 0.792 bits per heavy atom. The van der Waals surface area contributed by atoms with Gasteiger partial charge in [0, 0.05) is 0 Å². The third-order valence-corrected chi connectivity index (χ3v) is 8.41. The molecule has 0 atom stereocenters. The molecule has 1 fully saturated rings. The van der Waals surface area contributed by atoms with E-state index in [1.54, 1.807) is 24.3 Å². The zero-order chi connectivity index (χ0) is 17.0. The van der Waals surface area contributed by atoms with Gasteiger partial charge in [0.1, 0.15) is 11.6 Å². The molecule has 1 heterocycles. The zero-order valence-corrected chi connectivity index (χ0v) is 14.7. The number of piperidine rings is 1. The molecule has 1 saturated heterocycles. The molecule has 128 valence electrons. The van der Waals surface area contributed by atoms with Gasteiger partial charge >= 0.3 is 0 Å². The lowest BCUT2D eigenvalue weighted by Crippen LogP contribution is -2.60. The number of hydrogen-bond acceptors (Lipinski definition) is 2. The molecule has 0 radical (unpaired) electrons. The predicted octanol–water partition coefficient (Wildman–Crippen LogP) is 2.50. The van der Waals surface area contributed by atoms with E-state index >= 15 is 0 Å². The Kier molecular flexibility index (Phi) is 5.43. The van der Waals surface area contributed by atoms with E-state index in [0.717, 1.165) is 30.0 Å². The maximum atomic E-state index is 13.3. The van der Waals surface area contributed by atoms with Gasteiger partial charge in [-0.2, -0.15) is 0 Å². The van der Waals surface area contributed by atoms with Crippen LogP contribution < -0.4 is 10.4 Å². The summed E-state index contributed by atoms with van der Waals surface area (Å²) in [5, 5.41) is 1.54. The van der Waals surface area contributed by atoms with Crippen LogP contribution in [0.1, 0.15) is 19.3 Å². The second-order valence-corrected chi connectivity index (χ2v) is 9.90. The molecule has 0 saturated carbocycles. The molecule has 0 spiro atoms. The van der Waals surface area contributed by atoms with Gasteiger partial charge in [0.25, 0.3) is 8.32 Å². The number of likely N-dealkylation sites (tertiary alicyclic amines) is 1. The van der Waals surface area contributed by atoms with Crippen LogP contribution in [-0.2, 0) is 0 Å². The molecular formula is C19H23F2NOSi. The molecule has 2 aromatic carbocycles. The van der Waals surface area contributed by atoms with E-state index in [1.165, 1.54) is 43.5 Å². The van der Waals surface area contributed by atoms with Crippen LogP contribution in [-0.4, -0.2) is 37.6 Å². The predicted molar refractivity (Wildman–Crippen MR) is 95.1 cm³/mol. The van der Waals surface area contributed by atoms with Gasteiger partial charge in [-0.25, -0.2) is 8.78 Å². The average Bonchev–Trinajstić information content (AvgIpc) is 2.62. The van der Waals surface area contributed by atoms with Crippen LogP contribution in [0.4, 0.5) is 8.78 Å². The topological polar surface area (TPSA) is 23.5 Å². The lowest BCUT2D eigenvalue weighted by atomic mass is 10.1. The monoisotopic (exact) mass is 347 g/mol. The van der Waals surface area contributed by atoms with Gasteiger partial charge in [-0.3, -0.25) is 0 Å². The minimum Gasteiger partial charge on any atom is -0.424 e. The normalized spacial score (nSPS) is 16.3. The zero-order valence-electron chi connectivity index (χ0n) is 13.7. The number of benzene rings is 2. The largest absolute Gasteiger partial charge is 0.424 e. The first-order chi connectivity index (χ1) is 11.6. The summed E-state index contributed by atoms with van der Waals surface area (Å²) in [7, 11) is -3.01. The maximum Gasteiger partial charge on any atom is 0.253 e. The van der Waals surface area contributed by atoms with Crippen molar-refractivity contribution in [2.45, 2.75) is 25.3 Å². The molecule has 0 aromatic heterocycles. The minimum atomic E-state index is -3.01. The molecule has 2 nitrogen and oxygen atoms in total. The highest BCUT2D eigenvalue weighted by Gasteiger charge is 2.36. The Morgan fingerprint density at radius 2 is 1.25 bits per heavy atom. The van der Waals surface area contributed by atoms with E-state index < -0.39 is 8.32 Å². The van der Waals surface area contributed by atoms with Crippen molar-refractivity contribution < 1.29 is 13.6 Å². The Labute approximate surface area is 142 Å². The second kappa shape index (κ2) is 7.55. The Balaban J connectivity index is 1.87. The SMILES string of the molecule is O[Si](CCN1CCCCC1)(c1ccc(F)cc1)c1ccc(F)cc1. The van der Waals surface area contributed by atoms with E-state index in [9.17, 15) is 13.6 Å². The van der Waals surface area contributed by atoms with Crippen molar-refractivity contribution in [1.82, 2.24) is 4.90 Å². The average molecular weight is 347 g/mol. The highest BCUT2D eigenvalue weighted by atomic mass is 28.4. The molecule has 24 heavy (non-hydrogen) atoms. The van der Waals surface area contributed by atoms with Crippen molar-refractivity contribution in [3.8, 4) is 0 Å². The molecule has 1 aliphatic heterocycles. The van der Waals surface area contributed by atoms with Crippen molar-refractivity contribution >= 4 is 18.7 Å². The molecule has 1 N–H and O–H groups in total. The van der Waals surface area contributed by atoms with Gasteiger partial charge in [-0.1, -0.05) is 30.7 Å². The van der Waals surface area contributed by atoms with E-state index in [2.05, 4.69) is 4.90 Å². The fraction of sp³-hybridized carbons (Fsp3) is 0.368. The van der Waals surface area contributed by atoms with Crippen LogP contribution in [0.15, 0.2) is 48.5 Å². The first-order valence-electron chi connectivity index (χ1n) is 8.55. The molecule has 0 amide bonds. The van der Waals surface area contributed by atoms with Gasteiger partial charge in [0.05, 0.1) is 0 Å². The fourth-order valence-electron chi connectivity index (χ4n) is 3.41. The highest BCUT2D eigenvalue weighted by Crippen LogP contribution is 2.14. The van der Waals surface area contributed by atoms with Crippen LogP contribution in [0.2, 0.25) is 6.04 Å². The smallest absolute Gasteiger partial charge is 0.253 e. The lowest BCUT2D eigenvalue weighted by Gasteiger charge is -2.32. The summed E-state index contributed by atoms with van der Waals surface area (Å²) in [5.41, 5.74) is 0. The van der Waals surface area contributed by atoms with Crippen molar-refractivity contribution in [2.75, 3.05) is 19.6 Å². The Morgan fingerprint density at radius 3 is 1.71 bits per heavy atom. The van der Waals surface area contributed by atoms with Crippen LogP contribution >= 0.6 is 0 Å². The van der Waals surface area contributed by atoms with Crippen molar-refractivity contribution in [3.05, 3.63) is 60.2 Å². The van der Waals surface area contributed by atoms with Gasteiger partial charge in [0.15, 0.2) is 0 Å². The summed E-state index contributed by atoms with van der Waals surface area (Å²) in [6.45, 7) is 2.95. The Bertz CT molecular complexity index is 609. The van der Waals surface area contributed by atoms with Crippen molar-refractivity contribution in [2.24, 2.45) is 0 Å². The van der Waals surface area contributed by atoms with E-state index in [4.69, 9.17) is 0 Å². The third kappa shape index (κ3) is 3.91. The molecule has 5 heteroatoms. The Hall–Kier alpha value is -1.56. The molecular weight excluding hydrogens is 324 g/mol. The summed E-state index contributed by atoms with van der Waals surface area (Å²) in [6.07, 6.45) is 3.67. The van der Waals surface area contributed by atoms with Crippen LogP contribution in [0.3, 0.4) is 0 Å². The second-order valence-electron chi connectivity index (χ2n) is 6.53. The van der Waals surface area contributed by atoms with Crippen LogP contribution in [0, 0.1) is 11.6 Å². The van der Waals surface area contributed by atoms with Gasteiger partial charge in [-0.15, -0.1) is 0 Å². The fourth-order valence-corrected chi connectivity index (χ4v) is 6.40. The third-order valence-electron chi connectivity index (χ3n) is 4.88. The van der Waals surface area contributed by atoms with E-state index in [1.807, 2.05) is 0 Å².